The summed E-state index contributed by atoms with van der Waals surface area (Å²) >= 11 is 0. The number of carboxylic acids is 1. The molecule has 1 amide bonds. The van der Waals surface area contributed by atoms with Gasteiger partial charge in [0.25, 0.3) is 5.91 Å². The quantitative estimate of drug-likeness (QED) is 0.891. The summed E-state index contributed by atoms with van der Waals surface area (Å²) in [7, 11) is 0. The van der Waals surface area contributed by atoms with Crippen LogP contribution in [0.4, 0.5) is 5.69 Å². The third-order valence-electron chi connectivity index (χ3n) is 2.60. The van der Waals surface area contributed by atoms with Crippen molar-refractivity contribution in [2.24, 2.45) is 5.10 Å². The molecule has 18 heavy (non-hydrogen) atoms. The molecule has 1 heterocycles. The molecule has 0 bridgehead atoms. The third-order valence-corrected chi connectivity index (χ3v) is 2.60. The standard InChI is InChI=1S/C12H12N2O3.ClH/c1-7-3-4-10(8(2)5-7)14-11(15)6-9(13-14)12(16)17;/h3-5H,6H2,1-2H3,(H,16,17);1H. The Balaban J connectivity index is 0.00000162. The minimum Gasteiger partial charge on any atom is -0.477 e. The molecule has 0 radical (unpaired) electrons. The topological polar surface area (TPSA) is 70.0 Å². The number of halogens is 1. The molecule has 96 valence electrons. The van der Waals surface area contributed by atoms with Crippen molar-refractivity contribution in [3.63, 3.8) is 0 Å². The van der Waals surface area contributed by atoms with Gasteiger partial charge in [-0.2, -0.15) is 10.1 Å². The maximum Gasteiger partial charge on any atom is 0.352 e. The van der Waals surface area contributed by atoms with E-state index in [0.717, 1.165) is 16.1 Å². The molecule has 0 atom stereocenters. The van der Waals surface area contributed by atoms with E-state index in [2.05, 4.69) is 5.10 Å². The van der Waals surface area contributed by atoms with Gasteiger partial charge in [0.15, 0.2) is 5.71 Å². The van der Waals surface area contributed by atoms with Gasteiger partial charge in [-0.05, 0) is 25.5 Å². The van der Waals surface area contributed by atoms with Crippen molar-refractivity contribution in [1.82, 2.24) is 0 Å². The van der Waals surface area contributed by atoms with Gasteiger partial charge in [0.05, 0.1) is 12.1 Å². The van der Waals surface area contributed by atoms with Gasteiger partial charge in [-0.3, -0.25) is 4.79 Å². The van der Waals surface area contributed by atoms with Gasteiger partial charge in [-0.1, -0.05) is 17.7 Å². The second-order valence-corrected chi connectivity index (χ2v) is 4.02. The average Bonchev–Trinajstić information content (AvgIpc) is 2.61. The highest BCUT2D eigenvalue weighted by molar-refractivity contribution is 6.42. The Hall–Kier alpha value is -1.88. The first-order chi connectivity index (χ1) is 7.99. The Labute approximate surface area is 111 Å². The van der Waals surface area contributed by atoms with Gasteiger partial charge in [0, 0.05) is 0 Å². The van der Waals surface area contributed by atoms with Crippen molar-refractivity contribution in [2.45, 2.75) is 20.3 Å². The van der Waals surface area contributed by atoms with Crippen LogP contribution in [0.1, 0.15) is 17.5 Å². The lowest BCUT2D eigenvalue weighted by Crippen LogP contribution is -2.20. The maximum absolute atomic E-state index is 11.7. The van der Waals surface area contributed by atoms with E-state index < -0.39 is 5.97 Å². The Morgan fingerprint density at radius 3 is 2.56 bits per heavy atom. The number of hydrogen-bond acceptors (Lipinski definition) is 3. The molecule has 1 aromatic rings. The van der Waals surface area contributed by atoms with E-state index in [4.69, 9.17) is 5.11 Å². The Morgan fingerprint density at radius 1 is 1.39 bits per heavy atom. The third kappa shape index (κ3) is 2.51. The molecule has 0 saturated carbocycles. The van der Waals surface area contributed by atoms with E-state index in [1.54, 1.807) is 6.07 Å². The minimum absolute atomic E-state index is 0. The molecule has 2 rings (SSSR count). The monoisotopic (exact) mass is 268 g/mol. The maximum atomic E-state index is 11.7. The zero-order valence-corrected chi connectivity index (χ0v) is 10.8. The van der Waals surface area contributed by atoms with Crippen LogP contribution in [0.3, 0.4) is 0 Å². The Bertz CT molecular complexity index is 540. The molecule has 0 unspecified atom stereocenters. The number of hydrazone groups is 1. The fraction of sp³-hybridized carbons (Fsp3) is 0.250. The number of carbonyl (C=O) groups is 2. The zero-order valence-electron chi connectivity index (χ0n) is 10.0. The summed E-state index contributed by atoms with van der Waals surface area (Å²) in [6, 6.07) is 5.57. The van der Waals surface area contributed by atoms with Crippen molar-refractivity contribution in [1.29, 1.82) is 0 Å². The van der Waals surface area contributed by atoms with Gasteiger partial charge in [0.2, 0.25) is 0 Å². The molecule has 0 fully saturated rings. The summed E-state index contributed by atoms with van der Waals surface area (Å²) in [5.74, 6) is -1.46. The summed E-state index contributed by atoms with van der Waals surface area (Å²) in [6.07, 6.45) is -0.150. The summed E-state index contributed by atoms with van der Waals surface area (Å²) in [6.45, 7) is 3.82. The van der Waals surface area contributed by atoms with Crippen molar-refractivity contribution in [3.05, 3.63) is 29.3 Å². The van der Waals surface area contributed by atoms with E-state index in [1.807, 2.05) is 26.0 Å². The highest BCUT2D eigenvalue weighted by atomic mass is 35.5. The summed E-state index contributed by atoms with van der Waals surface area (Å²) in [5, 5.41) is 13.8. The van der Waals surface area contributed by atoms with E-state index in [0.29, 0.717) is 5.69 Å². The first-order valence-corrected chi connectivity index (χ1v) is 5.20. The number of aryl methyl sites for hydroxylation is 2. The zero-order chi connectivity index (χ0) is 12.6. The van der Waals surface area contributed by atoms with Crippen LogP contribution >= 0.6 is 12.4 Å². The lowest BCUT2D eigenvalue weighted by Gasteiger charge is -2.14. The number of nitrogens with zero attached hydrogens (tertiary/aromatic N) is 2. The molecule has 1 aliphatic rings. The van der Waals surface area contributed by atoms with Crippen LogP contribution in [0.15, 0.2) is 23.3 Å². The van der Waals surface area contributed by atoms with Gasteiger partial charge in [-0.15, -0.1) is 12.4 Å². The summed E-state index contributed by atoms with van der Waals surface area (Å²) in [5.41, 5.74) is 2.50. The van der Waals surface area contributed by atoms with Gasteiger partial charge >= 0.3 is 5.97 Å². The van der Waals surface area contributed by atoms with E-state index in [-0.39, 0.29) is 30.4 Å². The van der Waals surface area contributed by atoms with Gasteiger partial charge in [-0.25, -0.2) is 4.79 Å². The molecule has 6 heteroatoms. The molecule has 0 saturated heterocycles. The smallest absolute Gasteiger partial charge is 0.352 e. The van der Waals surface area contributed by atoms with Gasteiger partial charge in [0.1, 0.15) is 0 Å². The fourth-order valence-corrected chi connectivity index (χ4v) is 1.78. The van der Waals surface area contributed by atoms with Gasteiger partial charge < -0.3 is 5.11 Å². The molecule has 0 aliphatic carbocycles. The van der Waals surface area contributed by atoms with Crippen LogP contribution in [0.5, 0.6) is 0 Å². The molecule has 5 nitrogen and oxygen atoms in total. The molecule has 0 aromatic heterocycles. The number of aliphatic carboxylic acids is 1. The summed E-state index contributed by atoms with van der Waals surface area (Å²) in [4.78, 5) is 22.4. The lowest BCUT2D eigenvalue weighted by molar-refractivity contribution is -0.129. The lowest BCUT2D eigenvalue weighted by atomic mass is 10.1. The van der Waals surface area contributed by atoms with Crippen LogP contribution in [-0.2, 0) is 9.59 Å². The molecule has 1 aromatic carbocycles. The second-order valence-electron chi connectivity index (χ2n) is 4.02. The number of amides is 1. The molecule has 0 spiro atoms. The number of hydrogen-bond donors (Lipinski definition) is 1. The number of rotatable bonds is 2. The summed E-state index contributed by atoms with van der Waals surface area (Å²) < 4.78 is 0. The van der Waals surface area contributed by atoms with Crippen LogP contribution in [0.2, 0.25) is 0 Å². The first kappa shape index (κ1) is 14.2. The predicted octanol–water partition coefficient (Wildman–Crippen LogP) is 1.90. The van der Waals surface area contributed by atoms with Crippen molar-refractivity contribution >= 4 is 35.7 Å². The molecular formula is C12H13ClN2O3. The van der Waals surface area contributed by atoms with E-state index in [1.165, 1.54) is 0 Å². The first-order valence-electron chi connectivity index (χ1n) is 5.20. The highest BCUT2D eigenvalue weighted by Gasteiger charge is 2.29. The predicted molar refractivity (Wildman–Crippen MR) is 70.3 cm³/mol. The van der Waals surface area contributed by atoms with Crippen LogP contribution in [-0.4, -0.2) is 22.7 Å². The second kappa shape index (κ2) is 5.18. The Kier molecular flexibility index (Phi) is 4.08. The minimum atomic E-state index is -1.15. The molecular weight excluding hydrogens is 256 g/mol. The van der Waals surface area contributed by atoms with Crippen LogP contribution < -0.4 is 5.01 Å². The SMILES string of the molecule is Cc1ccc(N2N=C(C(=O)O)CC2=O)c(C)c1.Cl. The number of carbonyl (C=O) groups excluding carboxylic acids is 1. The largest absolute Gasteiger partial charge is 0.477 e. The number of anilines is 1. The van der Waals surface area contributed by atoms with Crippen LogP contribution in [0, 0.1) is 13.8 Å². The Morgan fingerprint density at radius 2 is 2.06 bits per heavy atom. The highest BCUT2D eigenvalue weighted by Crippen LogP contribution is 2.25. The fourth-order valence-electron chi connectivity index (χ4n) is 1.78. The van der Waals surface area contributed by atoms with E-state index in [9.17, 15) is 9.59 Å². The molecule has 1 N–H and O–H groups in total. The number of carboxylic acid groups (broad SMARTS) is 1. The van der Waals surface area contributed by atoms with Crippen LogP contribution in [0.25, 0.3) is 0 Å². The van der Waals surface area contributed by atoms with Crippen molar-refractivity contribution in [2.75, 3.05) is 5.01 Å². The van der Waals surface area contributed by atoms with E-state index >= 15 is 0 Å². The molecule has 1 aliphatic heterocycles. The normalized spacial score (nSPS) is 14.2. The number of benzene rings is 1. The average molecular weight is 269 g/mol. The van der Waals surface area contributed by atoms with Crippen molar-refractivity contribution in [3.8, 4) is 0 Å². The van der Waals surface area contributed by atoms with Crippen molar-refractivity contribution < 1.29 is 14.7 Å².